The van der Waals surface area contributed by atoms with E-state index in [1.54, 1.807) is 7.11 Å². The van der Waals surface area contributed by atoms with Crippen molar-refractivity contribution < 1.29 is 20.1 Å². The van der Waals surface area contributed by atoms with Gasteiger partial charge in [-0.05, 0) is 38.0 Å². The normalized spacial score (nSPS) is 28.4. The Morgan fingerprint density at radius 3 is 2.60 bits per heavy atom. The van der Waals surface area contributed by atoms with Gasteiger partial charge < -0.3 is 20.1 Å². The highest BCUT2D eigenvalue weighted by Gasteiger charge is 2.39. The van der Waals surface area contributed by atoms with E-state index in [4.69, 9.17) is 4.74 Å². The molecule has 4 heteroatoms. The molecule has 0 heterocycles. The van der Waals surface area contributed by atoms with Crippen molar-refractivity contribution in [2.45, 2.75) is 83.0 Å². The first-order valence-corrected chi connectivity index (χ1v) is 9.96. The van der Waals surface area contributed by atoms with Gasteiger partial charge in [-0.25, -0.2) is 0 Å². The molecular formula is C21H38O4. The van der Waals surface area contributed by atoms with E-state index in [0.29, 0.717) is 6.42 Å². The van der Waals surface area contributed by atoms with Gasteiger partial charge in [-0.2, -0.15) is 0 Å². The van der Waals surface area contributed by atoms with Crippen LogP contribution in [-0.2, 0) is 4.74 Å². The number of ether oxygens (including phenoxy) is 1. The minimum absolute atomic E-state index is 0.0318. The summed E-state index contributed by atoms with van der Waals surface area (Å²) in [7, 11) is 1.72. The Labute approximate surface area is 153 Å². The van der Waals surface area contributed by atoms with Gasteiger partial charge in [0.25, 0.3) is 0 Å². The van der Waals surface area contributed by atoms with E-state index in [9.17, 15) is 15.3 Å². The lowest BCUT2D eigenvalue weighted by atomic mass is 9.89. The Kier molecular flexibility index (Phi) is 12.1. The summed E-state index contributed by atoms with van der Waals surface area (Å²) in [5.74, 6) is -0.0433. The van der Waals surface area contributed by atoms with Gasteiger partial charge in [0.05, 0.1) is 18.3 Å². The molecule has 1 saturated carbocycles. The fraction of sp³-hybridized carbons (Fsp3) is 0.810. The highest BCUT2D eigenvalue weighted by molar-refractivity contribution is 5.06. The number of hydrogen-bond acceptors (Lipinski definition) is 4. The maximum atomic E-state index is 10.2. The first-order chi connectivity index (χ1) is 12.1. The second kappa shape index (κ2) is 13.5. The van der Waals surface area contributed by atoms with Crippen molar-refractivity contribution in [3.05, 3.63) is 24.3 Å². The van der Waals surface area contributed by atoms with E-state index in [1.165, 1.54) is 0 Å². The fourth-order valence-electron chi connectivity index (χ4n) is 3.54. The quantitative estimate of drug-likeness (QED) is 0.349. The van der Waals surface area contributed by atoms with Crippen molar-refractivity contribution in [3.8, 4) is 0 Å². The molecule has 0 spiro atoms. The van der Waals surface area contributed by atoms with Gasteiger partial charge in [-0.3, -0.25) is 0 Å². The lowest BCUT2D eigenvalue weighted by Crippen LogP contribution is -2.20. The van der Waals surface area contributed by atoms with Crippen molar-refractivity contribution >= 4 is 0 Å². The number of rotatable bonds is 13. The van der Waals surface area contributed by atoms with Crippen molar-refractivity contribution in [1.82, 2.24) is 0 Å². The maximum Gasteiger partial charge on any atom is 0.0721 e. The van der Waals surface area contributed by atoms with Crippen LogP contribution in [0.1, 0.15) is 64.7 Å². The molecule has 0 amide bonds. The maximum absolute atomic E-state index is 10.2. The topological polar surface area (TPSA) is 69.9 Å². The molecule has 1 rings (SSSR count). The predicted molar refractivity (Wildman–Crippen MR) is 102 cm³/mol. The molecule has 5 atom stereocenters. The smallest absolute Gasteiger partial charge is 0.0721 e. The van der Waals surface area contributed by atoms with Gasteiger partial charge in [0.15, 0.2) is 0 Å². The highest BCUT2D eigenvalue weighted by atomic mass is 16.5. The second-order valence-corrected chi connectivity index (χ2v) is 7.26. The van der Waals surface area contributed by atoms with Crippen LogP contribution in [0.4, 0.5) is 0 Å². The van der Waals surface area contributed by atoms with Crippen LogP contribution < -0.4 is 0 Å². The number of unbranched alkanes of at least 4 members (excludes halogenated alkanes) is 4. The molecule has 3 N–H and O–H groups in total. The van der Waals surface area contributed by atoms with Crippen molar-refractivity contribution in [2.24, 2.45) is 11.8 Å². The third-order valence-corrected chi connectivity index (χ3v) is 5.12. The zero-order valence-corrected chi connectivity index (χ0v) is 16.0. The minimum Gasteiger partial charge on any atom is -0.393 e. The number of methoxy groups -OCH3 is 1. The van der Waals surface area contributed by atoms with Gasteiger partial charge in [-0.15, -0.1) is 0 Å². The second-order valence-electron chi connectivity index (χ2n) is 7.26. The Balaban J connectivity index is 2.42. The van der Waals surface area contributed by atoms with Gasteiger partial charge in [0.2, 0.25) is 0 Å². The van der Waals surface area contributed by atoms with Crippen LogP contribution in [0.15, 0.2) is 24.3 Å². The van der Waals surface area contributed by atoms with E-state index in [1.807, 2.05) is 12.2 Å². The Morgan fingerprint density at radius 2 is 1.88 bits per heavy atom. The van der Waals surface area contributed by atoms with Crippen LogP contribution in [0.25, 0.3) is 0 Å². The Hall–Kier alpha value is -0.680. The molecule has 146 valence electrons. The number of hydrogen-bond donors (Lipinski definition) is 3. The molecule has 4 nitrogen and oxygen atoms in total. The molecule has 25 heavy (non-hydrogen) atoms. The lowest BCUT2D eigenvalue weighted by Gasteiger charge is -2.19. The molecular weight excluding hydrogens is 316 g/mol. The first-order valence-electron chi connectivity index (χ1n) is 9.96. The largest absolute Gasteiger partial charge is 0.393 e. The molecule has 1 aliphatic rings. The third kappa shape index (κ3) is 9.00. The van der Waals surface area contributed by atoms with Crippen LogP contribution in [0.2, 0.25) is 0 Å². The van der Waals surface area contributed by atoms with E-state index in [-0.39, 0.29) is 11.8 Å². The highest BCUT2D eigenvalue weighted by Crippen LogP contribution is 2.36. The summed E-state index contributed by atoms with van der Waals surface area (Å²) in [5, 5.41) is 30.5. The van der Waals surface area contributed by atoms with Gasteiger partial charge >= 0.3 is 0 Å². The van der Waals surface area contributed by atoms with Crippen LogP contribution >= 0.6 is 0 Å². The monoisotopic (exact) mass is 354 g/mol. The zero-order valence-electron chi connectivity index (χ0n) is 16.0. The molecule has 0 aromatic rings. The number of allylic oxidation sites excluding steroid dienone is 2. The van der Waals surface area contributed by atoms with Crippen LogP contribution in [-0.4, -0.2) is 47.3 Å². The van der Waals surface area contributed by atoms with Crippen LogP contribution in [0, 0.1) is 11.8 Å². The Bertz CT molecular complexity index is 380. The molecule has 0 aromatic heterocycles. The fourth-order valence-corrected chi connectivity index (χ4v) is 3.54. The molecule has 1 fully saturated rings. The standard InChI is InChI=1S/C21H38O4/c1-3-4-8-11-17(22)13-14-19-18(20(23)16-21(19)24)12-9-6-5-7-10-15-25-2/h6,9,13-14,17-24H,3-5,7-8,10-12,15-16H2,1-2H3. The molecule has 1 aliphatic carbocycles. The summed E-state index contributed by atoms with van der Waals surface area (Å²) in [6, 6.07) is 0. The average molecular weight is 355 g/mol. The van der Waals surface area contributed by atoms with E-state index in [2.05, 4.69) is 19.1 Å². The first kappa shape index (κ1) is 22.4. The predicted octanol–water partition coefficient (Wildman–Crippen LogP) is 3.60. The summed E-state index contributed by atoms with van der Waals surface area (Å²) in [4.78, 5) is 0. The third-order valence-electron chi connectivity index (χ3n) is 5.12. The molecule has 0 saturated heterocycles. The zero-order chi connectivity index (χ0) is 18.5. The Morgan fingerprint density at radius 1 is 1.08 bits per heavy atom. The van der Waals surface area contributed by atoms with Crippen LogP contribution in [0.3, 0.4) is 0 Å². The molecule has 0 aromatic carbocycles. The van der Waals surface area contributed by atoms with Gasteiger partial charge in [0, 0.05) is 26.1 Å². The lowest BCUT2D eigenvalue weighted by molar-refractivity contribution is 0.120. The summed E-state index contributed by atoms with van der Waals surface area (Å²) in [5.41, 5.74) is 0. The SMILES string of the molecule is CCCCCC(O)C=CC1C(O)CC(O)C1CC=CCCCCOC. The van der Waals surface area contributed by atoms with Crippen LogP contribution in [0.5, 0.6) is 0 Å². The molecule has 0 aliphatic heterocycles. The van der Waals surface area contributed by atoms with E-state index < -0.39 is 18.3 Å². The molecule has 5 unspecified atom stereocenters. The number of aliphatic hydroxyl groups is 3. The van der Waals surface area contributed by atoms with Crippen molar-refractivity contribution in [3.63, 3.8) is 0 Å². The number of aliphatic hydroxyl groups excluding tert-OH is 3. The van der Waals surface area contributed by atoms with Crippen molar-refractivity contribution in [1.29, 1.82) is 0 Å². The molecule has 0 bridgehead atoms. The summed E-state index contributed by atoms with van der Waals surface area (Å²) in [6.07, 6.45) is 15.0. The van der Waals surface area contributed by atoms with Gasteiger partial charge in [0.1, 0.15) is 0 Å². The minimum atomic E-state index is -0.519. The summed E-state index contributed by atoms with van der Waals surface area (Å²) in [6.45, 7) is 2.95. The van der Waals surface area contributed by atoms with Crippen molar-refractivity contribution in [2.75, 3.05) is 13.7 Å². The van der Waals surface area contributed by atoms with Gasteiger partial charge in [-0.1, -0.05) is 50.5 Å². The molecule has 0 radical (unpaired) electrons. The summed E-state index contributed by atoms with van der Waals surface area (Å²) >= 11 is 0. The van der Waals surface area contributed by atoms with E-state index in [0.717, 1.165) is 58.0 Å². The van der Waals surface area contributed by atoms with E-state index >= 15 is 0 Å². The summed E-state index contributed by atoms with van der Waals surface area (Å²) < 4.78 is 5.03. The average Bonchev–Trinajstić information content (AvgIpc) is 2.85.